The molecule has 364 valence electrons. The van der Waals surface area contributed by atoms with Crippen LogP contribution in [0.2, 0.25) is 39.3 Å². The van der Waals surface area contributed by atoms with Crippen LogP contribution in [0.5, 0.6) is 0 Å². The van der Waals surface area contributed by atoms with Crippen molar-refractivity contribution in [1.29, 1.82) is 0 Å². The minimum absolute atomic E-state index is 0.0207. The number of methoxy groups -OCH3 is 1. The number of rotatable bonds is 11. The van der Waals surface area contributed by atoms with Crippen molar-refractivity contribution in [1.82, 2.24) is 15.1 Å². The zero-order valence-electron chi connectivity index (χ0n) is 42.2. The molecule has 17 heteroatoms. The smallest absolute Gasteiger partial charge is 0.410 e. The van der Waals surface area contributed by atoms with Crippen molar-refractivity contribution >= 4 is 28.7 Å². The lowest BCUT2D eigenvalue weighted by molar-refractivity contribution is -0.320. The van der Waals surface area contributed by atoms with E-state index in [1.165, 1.54) is 0 Å². The van der Waals surface area contributed by atoms with Crippen molar-refractivity contribution in [2.45, 2.75) is 224 Å². The molecule has 6 heterocycles. The molecule has 1 amide bonds. The van der Waals surface area contributed by atoms with E-state index in [1.807, 2.05) is 39.5 Å². The number of fused-ring (bicyclic) bond motifs is 1. The van der Waals surface area contributed by atoms with E-state index in [0.29, 0.717) is 32.4 Å². The summed E-state index contributed by atoms with van der Waals surface area (Å²) in [4.78, 5) is 32.8. The fourth-order valence-electron chi connectivity index (χ4n) is 12.3. The maximum atomic E-state index is 15.0. The summed E-state index contributed by atoms with van der Waals surface area (Å²) in [6.45, 7) is 34.4. The summed E-state index contributed by atoms with van der Waals surface area (Å²) in [5.74, 6) is -2.11. The van der Waals surface area contributed by atoms with Gasteiger partial charge in [0, 0.05) is 50.4 Å². The third-order valence-electron chi connectivity index (χ3n) is 15.2. The maximum absolute atomic E-state index is 15.0. The average molecular weight is 928 g/mol. The quantitative estimate of drug-likeness (QED) is 0.173. The van der Waals surface area contributed by atoms with E-state index < -0.39 is 106 Å². The Kier molecular flexibility index (Phi) is 14.9. The van der Waals surface area contributed by atoms with E-state index in [9.17, 15) is 9.59 Å². The van der Waals surface area contributed by atoms with Gasteiger partial charge in [-0.2, -0.15) is 0 Å². The predicted octanol–water partition coefficient (Wildman–Crippen LogP) is 6.74. The fraction of sp³-hybridized carbons (Fsp3) is 0.957. The number of ether oxygens (including phenoxy) is 8. The number of carbonyl (C=O) groups excluding carboxylic acids is 2. The van der Waals surface area contributed by atoms with Gasteiger partial charge in [0.15, 0.2) is 34.8 Å². The third-order valence-corrected chi connectivity index (χ3v) is 17.1. The van der Waals surface area contributed by atoms with Crippen LogP contribution in [-0.4, -0.2) is 163 Å². The summed E-state index contributed by atoms with van der Waals surface area (Å²) in [6, 6.07) is -0.442. The van der Waals surface area contributed by atoms with E-state index >= 15 is 0 Å². The summed E-state index contributed by atoms with van der Waals surface area (Å²) >= 11 is 0. The fourth-order valence-corrected chi connectivity index (χ4v) is 14.6. The molecule has 3 bridgehead atoms. The molecule has 0 aromatic rings. The van der Waals surface area contributed by atoms with Crippen molar-refractivity contribution in [2.75, 3.05) is 34.3 Å². The van der Waals surface area contributed by atoms with Crippen molar-refractivity contribution in [3.63, 3.8) is 0 Å². The van der Waals surface area contributed by atoms with Gasteiger partial charge in [-0.3, -0.25) is 15.0 Å². The first-order valence-corrected chi connectivity index (χ1v) is 30.7. The number of cyclic esters (lactones) is 1. The number of amides is 1. The van der Waals surface area contributed by atoms with Gasteiger partial charge in [0.05, 0.1) is 53.7 Å². The molecule has 0 aromatic carbocycles. The first-order valence-electron chi connectivity index (χ1n) is 23.9. The molecular formula is C46H85N3O12Si2. The molecule has 6 aliphatic rings. The molecule has 0 aromatic heterocycles. The first-order chi connectivity index (χ1) is 29.0. The maximum Gasteiger partial charge on any atom is 0.410 e. The van der Waals surface area contributed by atoms with Gasteiger partial charge in [0.1, 0.15) is 17.9 Å². The molecule has 2 unspecified atom stereocenters. The number of likely N-dealkylation sites (N-methyl/N-ethyl adjacent to an activating group) is 1. The largest absolute Gasteiger partial charge is 0.458 e. The summed E-state index contributed by atoms with van der Waals surface area (Å²) in [6.07, 6.45) is -3.28. The SMILES string of the molecule is CC[C@H]1OC(=O)[C@H](C)[C@@H](O[C@H]2C[C@@](C)(OC)[C@@H](O[Si](C)(C)C)[C@H](C)O2)[C@@H](C)[C@@H](O[C@@H]2O[C@H](C)C[C@H](N(C)C)[C@H]2O[Si](C)(C)C)[C@@]2(C)CC(C)C3(NCCN4C(=O)O[C@@]1(C)[C@@H]4[C@H]3C)O2. The van der Waals surface area contributed by atoms with E-state index in [2.05, 4.69) is 98.2 Å². The average Bonchev–Trinajstić information content (AvgIpc) is 3.52. The highest BCUT2D eigenvalue weighted by Gasteiger charge is 2.68. The first kappa shape index (κ1) is 51.2. The number of carbonyl (C=O) groups is 2. The van der Waals surface area contributed by atoms with Crippen molar-refractivity contribution in [3.05, 3.63) is 0 Å². The van der Waals surface area contributed by atoms with Gasteiger partial charge in [-0.25, -0.2) is 4.79 Å². The van der Waals surface area contributed by atoms with E-state index in [1.54, 1.807) is 7.11 Å². The van der Waals surface area contributed by atoms with Gasteiger partial charge < -0.3 is 51.6 Å². The molecule has 6 fully saturated rings. The minimum atomic E-state index is -2.14. The molecule has 6 aliphatic heterocycles. The number of hydrogen-bond donors (Lipinski definition) is 1. The normalized spacial score (nSPS) is 47.6. The van der Waals surface area contributed by atoms with E-state index in [4.69, 9.17) is 46.7 Å². The Hall–Kier alpha value is -1.23. The van der Waals surface area contributed by atoms with Crippen molar-refractivity contribution < 1.29 is 56.3 Å². The topological polar surface area (TPSA) is 145 Å². The molecule has 15 nitrogen and oxygen atoms in total. The van der Waals surface area contributed by atoms with Crippen LogP contribution in [-0.2, 0) is 51.5 Å². The lowest BCUT2D eigenvalue weighted by Crippen LogP contribution is -2.64. The third kappa shape index (κ3) is 9.88. The van der Waals surface area contributed by atoms with Crippen LogP contribution in [0, 0.1) is 23.7 Å². The molecule has 19 atom stereocenters. The van der Waals surface area contributed by atoms with Crippen LogP contribution in [0.25, 0.3) is 0 Å². The van der Waals surface area contributed by atoms with Gasteiger partial charge in [-0.15, -0.1) is 0 Å². The second-order valence-corrected chi connectivity index (χ2v) is 31.7. The van der Waals surface area contributed by atoms with Gasteiger partial charge in [0.25, 0.3) is 0 Å². The molecule has 0 aliphatic carbocycles. The molecular weight excluding hydrogens is 843 g/mol. The molecule has 0 saturated carbocycles. The number of hydrogen-bond acceptors (Lipinski definition) is 14. The molecule has 1 spiro atoms. The lowest BCUT2D eigenvalue weighted by atomic mass is 9.72. The molecule has 0 radical (unpaired) electrons. The number of nitrogens with zero attached hydrogens (tertiary/aromatic N) is 2. The van der Waals surface area contributed by atoms with E-state index in [-0.39, 0.29) is 36.2 Å². The highest BCUT2D eigenvalue weighted by Crippen LogP contribution is 2.55. The Morgan fingerprint density at radius 1 is 0.873 bits per heavy atom. The Morgan fingerprint density at radius 3 is 2.11 bits per heavy atom. The second kappa shape index (κ2) is 18.4. The minimum Gasteiger partial charge on any atom is -0.458 e. The Balaban J connectivity index is 1.50. The standard InChI is InChI=1S/C46H85N3O12Si2/c1-20-33-45(10)37-30(6)46(47-21-22-49(37)42(51)58-45)26(2)24-44(9,61-46)38(57-41-36(59-62(14,15)16)32(48(11)12)23-27(3)53-41)28(4)35(29(5)40(50)55-33)56-34-25-43(8,52-13)39(31(7)54-34)60-63(17,18)19/h26-39,41,47H,20-25H2,1-19H3/t26?,27-,28-,29-,30-,31+,32+,33-,34+,35+,36-,37+,38-,39+,41+,43-,44-,45-,46?/m1/s1. The molecule has 6 saturated heterocycles. The van der Waals surface area contributed by atoms with Gasteiger partial charge in [0.2, 0.25) is 0 Å². The second-order valence-electron chi connectivity index (χ2n) is 22.8. The number of esters is 1. The van der Waals surface area contributed by atoms with Crippen molar-refractivity contribution in [2.24, 2.45) is 23.7 Å². The predicted molar refractivity (Wildman–Crippen MR) is 244 cm³/mol. The zero-order chi connectivity index (χ0) is 47.0. The number of nitrogens with one attached hydrogen (secondary N) is 1. The van der Waals surface area contributed by atoms with Crippen LogP contribution in [0.3, 0.4) is 0 Å². The van der Waals surface area contributed by atoms with Gasteiger partial charge >= 0.3 is 12.1 Å². The van der Waals surface area contributed by atoms with Crippen LogP contribution in [0.15, 0.2) is 0 Å². The van der Waals surface area contributed by atoms with Crippen LogP contribution in [0.1, 0.15) is 94.9 Å². The Bertz CT molecular complexity index is 1630. The summed E-state index contributed by atoms with van der Waals surface area (Å²) in [7, 11) is 1.72. The van der Waals surface area contributed by atoms with Gasteiger partial charge in [-0.1, -0.05) is 27.7 Å². The summed E-state index contributed by atoms with van der Waals surface area (Å²) in [5.41, 5.74) is -3.78. The molecule has 1 N–H and O–H groups in total. The molecule has 6 rings (SSSR count). The van der Waals surface area contributed by atoms with Gasteiger partial charge in [-0.05, 0) is 114 Å². The Labute approximate surface area is 381 Å². The summed E-state index contributed by atoms with van der Waals surface area (Å²) < 4.78 is 69.0. The molecule has 63 heavy (non-hydrogen) atoms. The van der Waals surface area contributed by atoms with Crippen LogP contribution < -0.4 is 5.32 Å². The highest BCUT2D eigenvalue weighted by molar-refractivity contribution is 6.70. The van der Waals surface area contributed by atoms with E-state index in [0.717, 1.165) is 6.42 Å². The summed E-state index contributed by atoms with van der Waals surface area (Å²) in [5, 5.41) is 3.84. The monoisotopic (exact) mass is 928 g/mol. The van der Waals surface area contributed by atoms with Crippen molar-refractivity contribution in [3.8, 4) is 0 Å². The zero-order valence-corrected chi connectivity index (χ0v) is 44.2. The lowest BCUT2D eigenvalue weighted by Gasteiger charge is -2.51. The Morgan fingerprint density at radius 2 is 1.52 bits per heavy atom. The van der Waals surface area contributed by atoms with Crippen LogP contribution >= 0.6 is 0 Å². The van der Waals surface area contributed by atoms with Crippen LogP contribution in [0.4, 0.5) is 4.79 Å². The highest BCUT2D eigenvalue weighted by atomic mass is 28.4.